The maximum absolute atomic E-state index is 13.4. The van der Waals surface area contributed by atoms with Crippen molar-refractivity contribution in [3.05, 3.63) is 71.0 Å². The predicted octanol–water partition coefficient (Wildman–Crippen LogP) is 4.42. The van der Waals surface area contributed by atoms with E-state index in [1.165, 1.54) is 12.1 Å². The highest BCUT2D eigenvalue weighted by molar-refractivity contribution is 6.29. The standard InChI is InChI=1S/C23H24ClFN4O2/c1-14(26-11-22(30-2)31-3)23-20-8-16(15-4-6-18(25)7-5-15)12-29(20)13-17-9-21(24)27-10-19(17)28-23/h4-10,12,14,22,26H,11,13H2,1-3H3/t14-/m1/s1. The van der Waals surface area contributed by atoms with Crippen molar-refractivity contribution < 1.29 is 13.9 Å². The van der Waals surface area contributed by atoms with E-state index in [0.29, 0.717) is 18.2 Å². The van der Waals surface area contributed by atoms with E-state index in [4.69, 9.17) is 26.1 Å². The first kappa shape index (κ1) is 21.6. The molecule has 0 radical (unpaired) electrons. The third kappa shape index (κ3) is 4.70. The summed E-state index contributed by atoms with van der Waals surface area (Å²) in [5.74, 6) is -0.258. The summed E-state index contributed by atoms with van der Waals surface area (Å²) >= 11 is 6.14. The maximum atomic E-state index is 13.4. The van der Waals surface area contributed by atoms with E-state index >= 15 is 0 Å². The van der Waals surface area contributed by atoms with Crippen molar-refractivity contribution in [3.63, 3.8) is 0 Å². The third-order valence-electron chi connectivity index (χ3n) is 5.38. The first-order valence-electron chi connectivity index (χ1n) is 9.97. The molecule has 0 amide bonds. The molecular formula is C23H24ClFN4O2. The van der Waals surface area contributed by atoms with Crippen LogP contribution in [0.5, 0.6) is 0 Å². The highest BCUT2D eigenvalue weighted by Gasteiger charge is 2.23. The molecule has 3 aromatic rings. The number of methoxy groups -OCH3 is 2. The van der Waals surface area contributed by atoms with Gasteiger partial charge in [0.1, 0.15) is 11.0 Å². The molecule has 3 heterocycles. The number of pyridine rings is 1. The Morgan fingerprint density at radius 3 is 2.61 bits per heavy atom. The number of benzene rings is 1. The van der Waals surface area contributed by atoms with Crippen LogP contribution in [-0.2, 0) is 16.0 Å². The lowest BCUT2D eigenvalue weighted by atomic mass is 10.1. The molecule has 0 spiro atoms. The Kier molecular flexibility index (Phi) is 6.48. The molecule has 1 aromatic carbocycles. The van der Waals surface area contributed by atoms with Gasteiger partial charge < -0.3 is 19.4 Å². The van der Waals surface area contributed by atoms with Gasteiger partial charge in [0.25, 0.3) is 0 Å². The van der Waals surface area contributed by atoms with Crippen LogP contribution in [0.3, 0.4) is 0 Å². The second-order valence-corrected chi connectivity index (χ2v) is 7.80. The summed E-state index contributed by atoms with van der Waals surface area (Å²) in [5, 5.41) is 3.86. The Morgan fingerprint density at radius 1 is 1.16 bits per heavy atom. The molecule has 1 aliphatic heterocycles. The van der Waals surface area contributed by atoms with Gasteiger partial charge in [-0.1, -0.05) is 23.7 Å². The lowest BCUT2D eigenvalue weighted by Gasteiger charge is -2.20. The van der Waals surface area contributed by atoms with Crippen molar-refractivity contribution in [3.8, 4) is 11.1 Å². The van der Waals surface area contributed by atoms with E-state index in [2.05, 4.69) is 27.1 Å². The number of ether oxygens (including phenoxy) is 2. The van der Waals surface area contributed by atoms with Gasteiger partial charge in [-0.05, 0) is 36.8 Å². The van der Waals surface area contributed by atoms with E-state index < -0.39 is 0 Å². The topological polar surface area (TPSA) is 60.7 Å². The fraction of sp³-hybridized carbons (Fsp3) is 0.304. The summed E-state index contributed by atoms with van der Waals surface area (Å²) in [6.45, 7) is 3.15. The summed E-state index contributed by atoms with van der Waals surface area (Å²) in [6.07, 6.45) is 3.40. The zero-order chi connectivity index (χ0) is 22.0. The largest absolute Gasteiger partial charge is 0.355 e. The van der Waals surface area contributed by atoms with Crippen molar-refractivity contribution in [2.24, 2.45) is 4.99 Å². The zero-order valence-electron chi connectivity index (χ0n) is 17.6. The third-order valence-corrected chi connectivity index (χ3v) is 5.58. The summed E-state index contributed by atoms with van der Waals surface area (Å²) in [4.78, 5) is 9.15. The Hall–Kier alpha value is -2.58. The van der Waals surface area contributed by atoms with Gasteiger partial charge in [-0.3, -0.25) is 0 Å². The van der Waals surface area contributed by atoms with Gasteiger partial charge in [0, 0.05) is 50.7 Å². The first-order chi connectivity index (χ1) is 15.0. The molecule has 1 N–H and O–H groups in total. The summed E-state index contributed by atoms with van der Waals surface area (Å²) in [5.41, 5.74) is 5.53. The van der Waals surface area contributed by atoms with Crippen LogP contribution in [0.1, 0.15) is 18.2 Å². The lowest BCUT2D eigenvalue weighted by molar-refractivity contribution is -0.0990. The smallest absolute Gasteiger partial charge is 0.169 e. The van der Waals surface area contributed by atoms with Gasteiger partial charge in [0.2, 0.25) is 0 Å². The molecule has 6 nitrogen and oxygen atoms in total. The molecule has 0 saturated carbocycles. The quantitative estimate of drug-likeness (QED) is 0.434. The normalized spacial score (nSPS) is 14.1. The van der Waals surface area contributed by atoms with E-state index in [9.17, 15) is 4.39 Å². The average molecular weight is 443 g/mol. The minimum absolute atomic E-state index is 0.0934. The molecular weight excluding hydrogens is 419 g/mol. The molecule has 0 fully saturated rings. The van der Waals surface area contributed by atoms with Gasteiger partial charge in [0.15, 0.2) is 6.29 Å². The number of hydrogen-bond acceptors (Lipinski definition) is 5. The molecule has 0 bridgehead atoms. The fourth-order valence-corrected chi connectivity index (χ4v) is 3.85. The number of nitrogens with zero attached hydrogens (tertiary/aromatic N) is 3. The number of fused-ring (bicyclic) bond motifs is 2. The van der Waals surface area contributed by atoms with Crippen molar-refractivity contribution in [1.82, 2.24) is 14.9 Å². The average Bonchev–Trinajstić information content (AvgIpc) is 3.11. The Bertz CT molecular complexity index is 1090. The Labute approximate surface area is 185 Å². The van der Waals surface area contributed by atoms with Crippen LogP contribution in [0.15, 0.2) is 53.8 Å². The number of rotatable bonds is 7. The van der Waals surface area contributed by atoms with E-state index in [1.807, 2.05) is 13.0 Å². The Morgan fingerprint density at radius 2 is 1.90 bits per heavy atom. The maximum Gasteiger partial charge on any atom is 0.169 e. The van der Waals surface area contributed by atoms with Crippen molar-refractivity contribution in [2.45, 2.75) is 25.8 Å². The van der Waals surface area contributed by atoms with E-state index in [1.54, 1.807) is 32.5 Å². The number of nitrogens with one attached hydrogen (secondary N) is 1. The highest BCUT2D eigenvalue weighted by Crippen LogP contribution is 2.31. The second kappa shape index (κ2) is 9.28. The number of aliphatic imine (C=N–C) groups is 1. The minimum atomic E-state index is -0.358. The SMILES string of the molecule is COC(CN[C@H](C)C1=Nc2cnc(Cl)cc2Cn2cc(-c3ccc(F)cc3)cc21)OC. The van der Waals surface area contributed by atoms with Crippen LogP contribution in [0, 0.1) is 5.82 Å². The van der Waals surface area contributed by atoms with Crippen LogP contribution < -0.4 is 5.32 Å². The molecule has 2 aromatic heterocycles. The molecule has 0 saturated heterocycles. The lowest BCUT2D eigenvalue weighted by Crippen LogP contribution is -2.40. The van der Waals surface area contributed by atoms with Gasteiger partial charge in [-0.25, -0.2) is 14.4 Å². The minimum Gasteiger partial charge on any atom is -0.355 e. The highest BCUT2D eigenvalue weighted by atomic mass is 35.5. The number of hydrogen-bond donors (Lipinski definition) is 1. The predicted molar refractivity (Wildman–Crippen MR) is 120 cm³/mol. The summed E-state index contributed by atoms with van der Waals surface area (Å²) in [7, 11) is 3.21. The monoisotopic (exact) mass is 442 g/mol. The van der Waals surface area contributed by atoms with Gasteiger partial charge >= 0.3 is 0 Å². The molecule has 162 valence electrons. The van der Waals surface area contributed by atoms with Crippen LogP contribution in [0.4, 0.5) is 10.1 Å². The van der Waals surface area contributed by atoms with Crippen molar-refractivity contribution in [1.29, 1.82) is 0 Å². The van der Waals surface area contributed by atoms with Crippen LogP contribution in [-0.4, -0.2) is 48.4 Å². The van der Waals surface area contributed by atoms with Crippen LogP contribution in [0.2, 0.25) is 5.15 Å². The zero-order valence-corrected chi connectivity index (χ0v) is 18.4. The van der Waals surface area contributed by atoms with E-state index in [-0.39, 0.29) is 18.1 Å². The number of halogens is 2. The van der Waals surface area contributed by atoms with Crippen molar-refractivity contribution >= 4 is 23.0 Å². The summed E-state index contributed by atoms with van der Waals surface area (Å²) in [6, 6.07) is 10.3. The molecule has 31 heavy (non-hydrogen) atoms. The number of aromatic nitrogens is 2. The fourth-order valence-electron chi connectivity index (χ4n) is 3.67. The summed E-state index contributed by atoms with van der Waals surface area (Å²) < 4.78 is 26.1. The van der Waals surface area contributed by atoms with Crippen LogP contribution in [0.25, 0.3) is 11.1 Å². The first-order valence-corrected chi connectivity index (χ1v) is 10.3. The Balaban J connectivity index is 1.74. The molecule has 0 aliphatic carbocycles. The molecule has 1 aliphatic rings. The van der Waals surface area contributed by atoms with Gasteiger partial charge in [0.05, 0.1) is 23.3 Å². The van der Waals surface area contributed by atoms with E-state index in [0.717, 1.165) is 33.8 Å². The molecule has 1 atom stereocenters. The van der Waals surface area contributed by atoms with Gasteiger partial charge in [-0.2, -0.15) is 0 Å². The van der Waals surface area contributed by atoms with Crippen LogP contribution >= 0.6 is 11.6 Å². The second-order valence-electron chi connectivity index (χ2n) is 7.41. The molecule has 8 heteroatoms. The molecule has 0 unspecified atom stereocenters. The van der Waals surface area contributed by atoms with Crippen molar-refractivity contribution in [2.75, 3.05) is 20.8 Å². The molecule has 4 rings (SSSR count). The van der Waals surface area contributed by atoms with Gasteiger partial charge in [-0.15, -0.1) is 0 Å².